The van der Waals surface area contributed by atoms with Crippen LogP contribution in [-0.4, -0.2) is 30.4 Å². The van der Waals surface area contributed by atoms with Crippen molar-refractivity contribution in [3.63, 3.8) is 0 Å². The largest absolute Gasteiger partial charge is 0.478 e. The van der Waals surface area contributed by atoms with Crippen molar-refractivity contribution in [3.05, 3.63) is 64.6 Å². The fourth-order valence-electron chi connectivity index (χ4n) is 2.39. The summed E-state index contributed by atoms with van der Waals surface area (Å²) >= 11 is 5.71. The monoisotopic (exact) mass is 411 g/mol. The molecule has 140 valence electrons. The molecule has 0 saturated heterocycles. The standard InChI is InChI=1S/C16H11ClFN3O5S/c17-11-6-12(18)9(16(23)24)5-14(11)27(25,26)21-20-15(22)10-7-19-13-4-2-1-3-8(10)13/h1-7,19,21H,(H,20,22)(H,23,24). The number of carbonyl (C=O) groups excluding carboxylic acids is 1. The van der Waals surface area contributed by atoms with Crippen molar-refractivity contribution >= 4 is 44.4 Å². The highest BCUT2D eigenvalue weighted by atomic mass is 35.5. The van der Waals surface area contributed by atoms with Crippen LogP contribution in [0.2, 0.25) is 5.02 Å². The number of hydrogen-bond acceptors (Lipinski definition) is 4. The Kier molecular flexibility index (Phi) is 4.87. The van der Waals surface area contributed by atoms with E-state index in [1.54, 1.807) is 24.3 Å². The number of amides is 1. The summed E-state index contributed by atoms with van der Waals surface area (Å²) in [5.74, 6) is -3.61. The number of aromatic amines is 1. The van der Waals surface area contributed by atoms with Gasteiger partial charge in [0.1, 0.15) is 10.7 Å². The molecule has 3 aromatic rings. The number of aromatic nitrogens is 1. The Bertz CT molecular complexity index is 1180. The molecule has 0 aliphatic rings. The number of sulfonamides is 1. The molecule has 0 aliphatic carbocycles. The summed E-state index contributed by atoms with van der Waals surface area (Å²) in [7, 11) is -4.46. The lowest BCUT2D eigenvalue weighted by atomic mass is 10.2. The normalized spacial score (nSPS) is 11.5. The van der Waals surface area contributed by atoms with Crippen molar-refractivity contribution in [2.45, 2.75) is 4.90 Å². The van der Waals surface area contributed by atoms with Gasteiger partial charge in [-0.15, -0.1) is 4.83 Å². The molecule has 8 nitrogen and oxygen atoms in total. The minimum atomic E-state index is -4.46. The zero-order valence-corrected chi connectivity index (χ0v) is 14.9. The van der Waals surface area contributed by atoms with Crippen molar-refractivity contribution < 1.29 is 27.5 Å². The van der Waals surface area contributed by atoms with Gasteiger partial charge >= 0.3 is 5.97 Å². The van der Waals surface area contributed by atoms with E-state index in [1.807, 2.05) is 10.3 Å². The Morgan fingerprint density at radius 2 is 1.85 bits per heavy atom. The molecule has 1 amide bonds. The molecule has 0 saturated carbocycles. The predicted octanol–water partition coefficient (Wildman–Crippen LogP) is 2.28. The van der Waals surface area contributed by atoms with Crippen molar-refractivity contribution in [2.24, 2.45) is 0 Å². The zero-order chi connectivity index (χ0) is 19.8. The average molecular weight is 412 g/mol. The Labute approximate surface area is 157 Å². The van der Waals surface area contributed by atoms with Crippen LogP contribution in [0, 0.1) is 5.82 Å². The minimum absolute atomic E-state index is 0.185. The molecule has 2 aromatic carbocycles. The molecule has 27 heavy (non-hydrogen) atoms. The first kappa shape index (κ1) is 18.8. The van der Waals surface area contributed by atoms with E-state index in [2.05, 4.69) is 4.98 Å². The fraction of sp³-hybridized carbons (Fsp3) is 0. The molecule has 3 rings (SSSR count). The molecule has 1 aromatic heterocycles. The molecular formula is C16H11ClFN3O5S. The summed E-state index contributed by atoms with van der Waals surface area (Å²) in [5.41, 5.74) is 2.00. The first-order valence-electron chi connectivity index (χ1n) is 7.31. The van der Waals surface area contributed by atoms with Gasteiger partial charge in [-0.05, 0) is 18.2 Å². The van der Waals surface area contributed by atoms with Gasteiger partial charge in [0.15, 0.2) is 0 Å². The molecule has 0 bridgehead atoms. The van der Waals surface area contributed by atoms with Gasteiger partial charge in [0.2, 0.25) is 0 Å². The van der Waals surface area contributed by atoms with E-state index in [0.717, 1.165) is 0 Å². The Morgan fingerprint density at radius 1 is 1.15 bits per heavy atom. The van der Waals surface area contributed by atoms with Gasteiger partial charge in [-0.2, -0.15) is 0 Å². The quantitative estimate of drug-likeness (QED) is 0.479. The number of carboxylic acid groups (broad SMARTS) is 1. The third-order valence-electron chi connectivity index (χ3n) is 3.67. The SMILES string of the molecule is O=C(O)c1cc(S(=O)(=O)NNC(=O)c2c[nH]c3ccccc23)c(Cl)cc1F. The highest BCUT2D eigenvalue weighted by Crippen LogP contribution is 2.25. The van der Waals surface area contributed by atoms with E-state index in [-0.39, 0.29) is 5.56 Å². The van der Waals surface area contributed by atoms with E-state index in [4.69, 9.17) is 16.7 Å². The number of carboxylic acids is 1. The number of para-hydroxylation sites is 1. The summed E-state index contributed by atoms with van der Waals surface area (Å²) in [6.07, 6.45) is 1.40. The number of benzene rings is 2. The number of H-pyrrole nitrogens is 1. The maximum atomic E-state index is 13.6. The number of carbonyl (C=O) groups is 2. The molecule has 1 heterocycles. The Morgan fingerprint density at radius 3 is 2.56 bits per heavy atom. The third-order valence-corrected chi connectivity index (χ3v) is 5.39. The molecule has 0 unspecified atom stereocenters. The van der Waals surface area contributed by atoms with Crippen LogP contribution in [0.5, 0.6) is 0 Å². The van der Waals surface area contributed by atoms with E-state index >= 15 is 0 Å². The molecule has 0 atom stereocenters. The van der Waals surface area contributed by atoms with Gasteiger partial charge in [-0.25, -0.2) is 17.6 Å². The number of hydrazine groups is 1. The third kappa shape index (κ3) is 3.63. The van der Waals surface area contributed by atoms with Gasteiger partial charge in [0.05, 0.1) is 16.1 Å². The van der Waals surface area contributed by atoms with Crippen LogP contribution in [0.15, 0.2) is 47.5 Å². The molecule has 11 heteroatoms. The van der Waals surface area contributed by atoms with Gasteiger partial charge in [0.25, 0.3) is 15.9 Å². The summed E-state index contributed by atoms with van der Waals surface area (Å²) in [5, 5.41) is 8.95. The predicted molar refractivity (Wildman–Crippen MR) is 94.5 cm³/mol. The smallest absolute Gasteiger partial charge is 0.338 e. The van der Waals surface area contributed by atoms with Crippen LogP contribution in [0.4, 0.5) is 4.39 Å². The highest BCUT2D eigenvalue weighted by molar-refractivity contribution is 7.89. The van der Waals surface area contributed by atoms with Gasteiger partial charge in [-0.3, -0.25) is 10.2 Å². The second kappa shape index (κ2) is 6.99. The molecule has 0 radical (unpaired) electrons. The number of fused-ring (bicyclic) bond motifs is 1. The summed E-state index contributed by atoms with van der Waals surface area (Å²) in [6, 6.07) is 8.02. The minimum Gasteiger partial charge on any atom is -0.478 e. The second-order valence-electron chi connectivity index (χ2n) is 5.38. The van der Waals surface area contributed by atoms with E-state index in [0.29, 0.717) is 23.0 Å². The van der Waals surface area contributed by atoms with Crippen LogP contribution in [0.1, 0.15) is 20.7 Å². The Hall–Kier alpha value is -2.95. The van der Waals surface area contributed by atoms with Crippen molar-refractivity contribution in [3.8, 4) is 0 Å². The van der Waals surface area contributed by atoms with Crippen molar-refractivity contribution in [1.82, 2.24) is 15.2 Å². The van der Waals surface area contributed by atoms with Gasteiger partial charge < -0.3 is 10.1 Å². The Balaban J connectivity index is 1.86. The number of hydrogen-bond donors (Lipinski definition) is 4. The van der Waals surface area contributed by atoms with Crippen LogP contribution >= 0.6 is 11.6 Å². The zero-order valence-electron chi connectivity index (χ0n) is 13.3. The first-order valence-corrected chi connectivity index (χ1v) is 9.17. The van der Waals surface area contributed by atoms with Crippen molar-refractivity contribution in [2.75, 3.05) is 0 Å². The molecule has 0 fully saturated rings. The van der Waals surface area contributed by atoms with E-state index in [9.17, 15) is 22.4 Å². The number of halogens is 2. The molecular weight excluding hydrogens is 401 g/mol. The highest BCUT2D eigenvalue weighted by Gasteiger charge is 2.24. The first-order chi connectivity index (χ1) is 12.7. The summed E-state index contributed by atoms with van der Waals surface area (Å²) in [6.45, 7) is 0. The van der Waals surface area contributed by atoms with Gasteiger partial charge in [-0.1, -0.05) is 29.8 Å². The second-order valence-corrected chi connectivity index (χ2v) is 7.43. The average Bonchev–Trinajstić information content (AvgIpc) is 3.03. The van der Waals surface area contributed by atoms with Crippen molar-refractivity contribution in [1.29, 1.82) is 0 Å². The van der Waals surface area contributed by atoms with Crippen LogP contribution in [-0.2, 0) is 10.0 Å². The lowest BCUT2D eigenvalue weighted by Crippen LogP contribution is -2.41. The van der Waals surface area contributed by atoms with Crippen LogP contribution in [0.25, 0.3) is 10.9 Å². The maximum Gasteiger partial charge on any atom is 0.338 e. The number of rotatable bonds is 5. The number of nitrogens with one attached hydrogen (secondary N) is 3. The lowest BCUT2D eigenvalue weighted by molar-refractivity contribution is 0.0691. The summed E-state index contributed by atoms with van der Waals surface area (Å²) in [4.78, 5) is 27.2. The van der Waals surface area contributed by atoms with Crippen LogP contribution < -0.4 is 10.3 Å². The van der Waals surface area contributed by atoms with Crippen LogP contribution in [0.3, 0.4) is 0 Å². The maximum absolute atomic E-state index is 13.6. The fourth-order valence-corrected chi connectivity index (χ4v) is 3.77. The number of aromatic carboxylic acids is 1. The topological polar surface area (TPSA) is 128 Å². The lowest BCUT2D eigenvalue weighted by Gasteiger charge is -2.10. The summed E-state index contributed by atoms with van der Waals surface area (Å²) < 4.78 is 38.3. The van der Waals surface area contributed by atoms with Gasteiger partial charge in [0, 0.05) is 17.1 Å². The molecule has 4 N–H and O–H groups in total. The molecule has 0 spiro atoms. The van der Waals surface area contributed by atoms with E-state index in [1.165, 1.54) is 6.20 Å². The molecule has 0 aliphatic heterocycles. The van der Waals surface area contributed by atoms with E-state index < -0.39 is 43.2 Å².